The van der Waals surface area contributed by atoms with Crippen molar-refractivity contribution in [3.63, 3.8) is 0 Å². The lowest BCUT2D eigenvalue weighted by Crippen LogP contribution is -3.21. The number of carbonyl (C=O) groups is 1. The second kappa shape index (κ2) is 8.00. The normalized spacial score (nSPS) is 43.7. The summed E-state index contributed by atoms with van der Waals surface area (Å²) in [5.74, 6) is 0.703. The highest BCUT2D eigenvalue weighted by Crippen LogP contribution is 2.54. The summed E-state index contributed by atoms with van der Waals surface area (Å²) in [4.78, 5) is 16.4. The SMILES string of the molecule is CC1=C2C[C@H]3[C@@H](C[C@@]2(C)CCC1)OC(=O)[C@@H]3C[NH+]1CCC([NH+]2CCCCC2)CC1. The average molecular weight is 403 g/mol. The summed E-state index contributed by atoms with van der Waals surface area (Å²) >= 11 is 0. The molecule has 2 aliphatic carbocycles. The molecule has 0 bridgehead atoms. The highest BCUT2D eigenvalue weighted by Gasteiger charge is 2.54. The number of fused-ring (bicyclic) bond motifs is 2. The highest BCUT2D eigenvalue weighted by molar-refractivity contribution is 5.75. The fourth-order valence-electron chi connectivity index (χ4n) is 7.71. The van der Waals surface area contributed by atoms with Crippen molar-refractivity contribution in [3.05, 3.63) is 11.1 Å². The van der Waals surface area contributed by atoms with Crippen LogP contribution in [0.5, 0.6) is 0 Å². The van der Waals surface area contributed by atoms with E-state index in [2.05, 4.69) is 13.8 Å². The zero-order chi connectivity index (χ0) is 20.0. The number of nitrogens with one attached hydrogen (secondary N) is 2. The number of hydrogen-bond acceptors (Lipinski definition) is 2. The number of esters is 1. The van der Waals surface area contributed by atoms with Crippen molar-refractivity contribution in [2.24, 2.45) is 17.3 Å². The second-order valence-corrected chi connectivity index (χ2v) is 11.3. The molecule has 4 atom stereocenters. The number of allylic oxidation sites excluding steroid dienone is 2. The summed E-state index contributed by atoms with van der Waals surface area (Å²) < 4.78 is 6.01. The predicted molar refractivity (Wildman–Crippen MR) is 114 cm³/mol. The van der Waals surface area contributed by atoms with E-state index in [9.17, 15) is 4.79 Å². The fourth-order valence-corrected chi connectivity index (χ4v) is 7.71. The van der Waals surface area contributed by atoms with Crippen molar-refractivity contribution in [2.45, 2.75) is 90.2 Å². The average Bonchev–Trinajstić information content (AvgIpc) is 3.01. The van der Waals surface area contributed by atoms with Gasteiger partial charge in [-0.05, 0) is 63.7 Å². The third kappa shape index (κ3) is 3.80. The number of piperidine rings is 2. The van der Waals surface area contributed by atoms with Crippen LogP contribution in [0, 0.1) is 17.3 Å². The van der Waals surface area contributed by atoms with E-state index in [0.29, 0.717) is 11.3 Å². The minimum Gasteiger partial charge on any atom is -0.462 e. The van der Waals surface area contributed by atoms with Crippen molar-refractivity contribution >= 4 is 5.97 Å². The van der Waals surface area contributed by atoms with E-state index in [1.54, 1.807) is 16.0 Å². The fraction of sp³-hybridized carbons (Fsp3) is 0.880. The van der Waals surface area contributed by atoms with Gasteiger partial charge in [0.1, 0.15) is 12.0 Å². The largest absolute Gasteiger partial charge is 0.462 e. The Balaban J connectivity index is 1.21. The summed E-state index contributed by atoms with van der Waals surface area (Å²) in [6, 6.07) is 0.882. The van der Waals surface area contributed by atoms with Crippen LogP contribution in [0.1, 0.15) is 78.1 Å². The molecule has 0 aromatic rings. The molecule has 29 heavy (non-hydrogen) atoms. The van der Waals surface area contributed by atoms with Crippen LogP contribution in [0.3, 0.4) is 0 Å². The number of rotatable bonds is 3. The number of carbonyl (C=O) groups excluding carboxylic acids is 1. The molecule has 5 rings (SSSR count). The quantitative estimate of drug-likeness (QED) is 0.555. The maximum absolute atomic E-state index is 12.9. The minimum atomic E-state index is 0.122. The molecule has 3 saturated heterocycles. The first-order chi connectivity index (χ1) is 14.0. The lowest BCUT2D eigenvalue weighted by molar-refractivity contribution is -0.961. The molecule has 3 aliphatic heterocycles. The molecule has 5 aliphatic rings. The summed E-state index contributed by atoms with van der Waals surface area (Å²) in [6.45, 7) is 11.1. The minimum absolute atomic E-state index is 0.122. The van der Waals surface area contributed by atoms with E-state index in [1.165, 1.54) is 77.5 Å². The van der Waals surface area contributed by atoms with E-state index in [-0.39, 0.29) is 18.0 Å². The maximum Gasteiger partial charge on any atom is 0.315 e. The molecule has 4 nitrogen and oxygen atoms in total. The molecule has 0 spiro atoms. The van der Waals surface area contributed by atoms with Gasteiger partial charge < -0.3 is 14.5 Å². The maximum atomic E-state index is 12.9. The topological polar surface area (TPSA) is 35.2 Å². The molecule has 4 fully saturated rings. The molecule has 0 aromatic heterocycles. The van der Waals surface area contributed by atoms with Crippen LogP contribution in [-0.4, -0.2) is 50.8 Å². The lowest BCUT2D eigenvalue weighted by atomic mass is 9.59. The summed E-state index contributed by atoms with van der Waals surface area (Å²) in [5.41, 5.74) is 3.60. The van der Waals surface area contributed by atoms with Gasteiger partial charge in [0.15, 0.2) is 0 Å². The number of quaternary nitrogens is 2. The van der Waals surface area contributed by atoms with E-state index in [4.69, 9.17) is 4.74 Å². The van der Waals surface area contributed by atoms with Gasteiger partial charge in [-0.25, -0.2) is 0 Å². The molecule has 0 radical (unpaired) electrons. The van der Waals surface area contributed by atoms with Crippen LogP contribution in [0.4, 0.5) is 0 Å². The van der Waals surface area contributed by atoms with Gasteiger partial charge in [0.25, 0.3) is 0 Å². The molecule has 0 amide bonds. The number of likely N-dealkylation sites (tertiary alicyclic amines) is 2. The summed E-state index contributed by atoms with van der Waals surface area (Å²) in [5, 5.41) is 0. The number of hydrogen-bond donors (Lipinski definition) is 2. The molecule has 0 aromatic carbocycles. The van der Waals surface area contributed by atoms with Crippen molar-refractivity contribution in [1.29, 1.82) is 0 Å². The van der Waals surface area contributed by atoms with Crippen molar-refractivity contribution < 1.29 is 19.3 Å². The van der Waals surface area contributed by atoms with Gasteiger partial charge in [-0.1, -0.05) is 18.1 Å². The van der Waals surface area contributed by atoms with Crippen LogP contribution in [0.2, 0.25) is 0 Å². The Labute approximate surface area is 177 Å². The van der Waals surface area contributed by atoms with Crippen LogP contribution < -0.4 is 9.80 Å². The van der Waals surface area contributed by atoms with Gasteiger partial charge >= 0.3 is 5.97 Å². The Morgan fingerprint density at radius 2 is 1.83 bits per heavy atom. The Hall–Kier alpha value is -0.870. The molecule has 0 unspecified atom stereocenters. The van der Waals surface area contributed by atoms with Crippen LogP contribution in [-0.2, 0) is 9.53 Å². The summed E-state index contributed by atoms with van der Waals surface area (Å²) in [7, 11) is 0. The van der Waals surface area contributed by atoms with Crippen molar-refractivity contribution in [3.8, 4) is 0 Å². The Kier molecular flexibility index (Phi) is 5.53. The van der Waals surface area contributed by atoms with Gasteiger partial charge in [0.05, 0.1) is 38.8 Å². The van der Waals surface area contributed by atoms with Gasteiger partial charge in [-0.2, -0.15) is 0 Å². The highest BCUT2D eigenvalue weighted by atomic mass is 16.6. The zero-order valence-electron chi connectivity index (χ0n) is 18.7. The molecular formula is C25H42N2O2+2. The Morgan fingerprint density at radius 3 is 2.59 bits per heavy atom. The smallest absolute Gasteiger partial charge is 0.315 e. The third-order valence-corrected chi connectivity index (χ3v) is 9.45. The Morgan fingerprint density at radius 1 is 1.07 bits per heavy atom. The molecule has 2 N–H and O–H groups in total. The lowest BCUT2D eigenvalue weighted by Gasteiger charge is -2.45. The molecule has 162 valence electrons. The summed E-state index contributed by atoms with van der Waals surface area (Å²) in [6.07, 6.45) is 13.2. The van der Waals surface area contributed by atoms with Crippen molar-refractivity contribution in [1.82, 2.24) is 0 Å². The molecule has 4 heteroatoms. The van der Waals surface area contributed by atoms with Crippen LogP contribution in [0.15, 0.2) is 11.1 Å². The third-order valence-electron chi connectivity index (χ3n) is 9.45. The molecule has 3 heterocycles. The first-order valence-electron chi connectivity index (χ1n) is 12.6. The van der Waals surface area contributed by atoms with Gasteiger partial charge in [0.2, 0.25) is 0 Å². The monoisotopic (exact) mass is 402 g/mol. The van der Waals surface area contributed by atoms with E-state index < -0.39 is 0 Å². The first-order valence-corrected chi connectivity index (χ1v) is 12.6. The molecule has 1 saturated carbocycles. The molecular weight excluding hydrogens is 360 g/mol. The van der Waals surface area contributed by atoms with Crippen molar-refractivity contribution in [2.75, 3.05) is 32.7 Å². The predicted octanol–water partition coefficient (Wildman–Crippen LogP) is 1.56. The van der Waals surface area contributed by atoms with E-state index in [1.807, 2.05) is 4.90 Å². The van der Waals surface area contributed by atoms with E-state index >= 15 is 0 Å². The van der Waals surface area contributed by atoms with Gasteiger partial charge in [-0.15, -0.1) is 0 Å². The van der Waals surface area contributed by atoms with E-state index in [0.717, 1.165) is 25.4 Å². The van der Waals surface area contributed by atoms with Gasteiger partial charge in [0, 0.05) is 18.8 Å². The second-order valence-electron chi connectivity index (χ2n) is 11.3. The number of ether oxygens (including phenoxy) is 1. The zero-order valence-corrected chi connectivity index (χ0v) is 18.7. The van der Waals surface area contributed by atoms with Crippen LogP contribution in [0.25, 0.3) is 0 Å². The van der Waals surface area contributed by atoms with Gasteiger partial charge in [-0.3, -0.25) is 4.79 Å². The first kappa shape index (κ1) is 20.1. The van der Waals surface area contributed by atoms with Crippen LogP contribution >= 0.6 is 0 Å². The standard InChI is InChI=1S/C25H40N2O2/c1-18-7-6-10-25(2)16-23-20(15-22(18)25)21(24(28)29-23)17-26-13-8-19(9-14-26)27-11-4-3-5-12-27/h19-21,23H,3-17H2,1-2H3/p+2/t20-,21-,23-,25-/m1/s1. The Bertz CT molecular complexity index is 660.